The summed E-state index contributed by atoms with van der Waals surface area (Å²) in [6.07, 6.45) is 4.67. The Labute approximate surface area is 557 Å². The fraction of sp³-hybridized carbons (Fsp3) is 0.583. The summed E-state index contributed by atoms with van der Waals surface area (Å²) in [5.74, 6) is -7.10. The lowest BCUT2D eigenvalue weighted by atomic mass is 9.82. The Morgan fingerprint density at radius 2 is 1.23 bits per heavy atom. The van der Waals surface area contributed by atoms with E-state index >= 15 is 0 Å². The van der Waals surface area contributed by atoms with Gasteiger partial charge < -0.3 is 90.1 Å². The number of fused-ring (bicyclic) bond motifs is 5. The first-order valence-electron chi connectivity index (χ1n) is 33.5. The molecule has 0 unspecified atom stereocenters. The maximum absolute atomic E-state index is 13.5. The van der Waals surface area contributed by atoms with Crippen LogP contribution in [0.25, 0.3) is 11.1 Å². The Kier molecular flexibility index (Phi) is 30.0. The first-order valence-corrected chi connectivity index (χ1v) is 33.5. The van der Waals surface area contributed by atoms with Crippen molar-refractivity contribution in [3.63, 3.8) is 0 Å². The van der Waals surface area contributed by atoms with Crippen LogP contribution >= 0.6 is 0 Å². The summed E-state index contributed by atoms with van der Waals surface area (Å²) in [5, 5.41) is 126. The van der Waals surface area contributed by atoms with Crippen LogP contribution in [0.2, 0.25) is 0 Å². The molecule has 5 aliphatic rings. The number of carbonyl (C=O) groups is 4. The first-order chi connectivity index (χ1) is 45.4. The number of esters is 1. The van der Waals surface area contributed by atoms with Gasteiger partial charge in [-0.25, -0.2) is 4.79 Å². The quantitative estimate of drug-likeness (QED) is 0.0983. The molecule has 1 aliphatic carbocycles. The predicted molar refractivity (Wildman–Crippen MR) is 352 cm³/mol. The van der Waals surface area contributed by atoms with Crippen molar-refractivity contribution in [1.82, 2.24) is 15.1 Å². The number of alkyl carbamates (subject to hydrolysis) is 1. The van der Waals surface area contributed by atoms with E-state index < -0.39 is 153 Å². The number of hydrogen-bond acceptors (Lipinski definition) is 20. The molecule has 4 aliphatic heterocycles. The summed E-state index contributed by atoms with van der Waals surface area (Å²) in [5.41, 5.74) is 4.54. The SMILES string of the molecule is C[C@@H]1[C@H](O)[C@@H](C)C=CC=CC=CC=CC=CC=CC=C[C@H](O[C@@H]2O[C@H](C)[C@@H](O)[C@H](N3CCN(C(=O)CCCCCNC(=O)OCC4c5ccccc5-c5ccccc54)CC3)[C@@H]2O)C[C@@H]2O[C@](O)(C[C@@H](O)C[C@@H](O)[C@H](O)CC[C@@H](O)C[C@@H](O)CC(=O)O[C@H]1C)C[C@H](O)[C@H]2C(=O)O. The smallest absolute Gasteiger partial charge is 0.407 e. The molecular formula is C72H101N3O20. The fourth-order valence-electron chi connectivity index (χ4n) is 13.2. The maximum atomic E-state index is 13.5. The van der Waals surface area contributed by atoms with E-state index in [9.17, 15) is 75.3 Å². The molecule has 23 heteroatoms. The summed E-state index contributed by atoms with van der Waals surface area (Å²) < 4.78 is 29.8. The van der Waals surface area contributed by atoms with Crippen molar-refractivity contribution in [2.45, 2.75) is 208 Å². The lowest BCUT2D eigenvalue weighted by Crippen LogP contribution is -2.66. The number of aliphatic hydroxyl groups excluding tert-OH is 9. The molecule has 2 bridgehead atoms. The molecule has 0 saturated carbocycles. The van der Waals surface area contributed by atoms with Gasteiger partial charge in [0, 0.05) is 82.6 Å². The van der Waals surface area contributed by atoms with Crippen LogP contribution in [-0.4, -0.2) is 227 Å². The summed E-state index contributed by atoms with van der Waals surface area (Å²) in [4.78, 5) is 55.4. The fourth-order valence-corrected chi connectivity index (χ4v) is 13.2. The van der Waals surface area contributed by atoms with Crippen molar-refractivity contribution in [3.05, 3.63) is 145 Å². The Morgan fingerprint density at radius 3 is 1.85 bits per heavy atom. The number of hydrogen-bond donors (Lipinski definition) is 12. The van der Waals surface area contributed by atoms with Gasteiger partial charge in [-0.05, 0) is 68.2 Å². The zero-order valence-corrected chi connectivity index (χ0v) is 54.9. The standard InChI is InChI=1S/C72H101N3O20/c1-45-24-16-13-11-9-7-5-6-8-10-12-14-17-25-52(41-61-64(69(87)88)60(81)43-72(90,95-61)42-51(78)39-59(80)58(79)32-31-49(76)38-50(77)40-63(83)92-47(3)46(2)66(45)84)94-70-68(86)65(67(85)48(4)93-70)75-36-34-74(35-37-75)62(82)30-18-15-23-33-73-71(89)91-44-57-55-28-21-19-26-53(55)54-27-20-22-29-56(54)57/h5-14,16-17,19-22,24-29,45-52,57-61,64-68,70,76-81,84-86,90H,15,18,23,30-44H2,1-4H3,(H,73,89)(H,87,88)/t45-,46-,47-,48+,49+,50+,51-,52-,58+,59+,60-,61-,64+,65-,66+,67+,68-,70-,72+/m0/s1. The van der Waals surface area contributed by atoms with Gasteiger partial charge in [-0.15, -0.1) is 0 Å². The number of carbonyl (C=O) groups excluding carboxylic acids is 3. The molecule has 0 radical (unpaired) electrons. The Morgan fingerprint density at radius 1 is 0.632 bits per heavy atom. The first kappa shape index (κ1) is 76.1. The Hall–Kier alpha value is -6.26. The van der Waals surface area contributed by atoms with Crippen LogP contribution in [0, 0.1) is 17.8 Å². The second-order valence-electron chi connectivity index (χ2n) is 26.0. The normalized spacial score (nSPS) is 34.0. The van der Waals surface area contributed by atoms with Crippen LogP contribution in [0.5, 0.6) is 0 Å². The van der Waals surface area contributed by atoms with E-state index in [-0.39, 0.29) is 50.0 Å². The third-order valence-electron chi connectivity index (χ3n) is 18.7. The lowest BCUT2D eigenvalue weighted by molar-refractivity contribution is -0.312. The summed E-state index contributed by atoms with van der Waals surface area (Å²) in [6.45, 7) is 8.64. The minimum atomic E-state index is -2.38. The van der Waals surface area contributed by atoms with Gasteiger partial charge in [0.2, 0.25) is 5.91 Å². The minimum absolute atomic E-state index is 0.0477. The van der Waals surface area contributed by atoms with E-state index in [4.69, 9.17) is 23.7 Å². The van der Waals surface area contributed by atoms with Crippen molar-refractivity contribution in [2.75, 3.05) is 39.3 Å². The molecule has 23 nitrogen and oxygen atoms in total. The highest BCUT2D eigenvalue weighted by atomic mass is 16.7. The predicted octanol–water partition coefficient (Wildman–Crippen LogP) is 5.00. The summed E-state index contributed by atoms with van der Waals surface area (Å²) in [6, 6.07) is 15.3. The lowest BCUT2D eigenvalue weighted by Gasteiger charge is -2.49. The van der Waals surface area contributed by atoms with Crippen LogP contribution in [0.15, 0.2) is 134 Å². The van der Waals surface area contributed by atoms with E-state index in [0.717, 1.165) is 22.3 Å². The monoisotopic (exact) mass is 1330 g/mol. The Balaban J connectivity index is 0.966. The topological polar surface area (TPSA) is 355 Å². The number of nitrogens with one attached hydrogen (secondary N) is 1. The minimum Gasteiger partial charge on any atom is -0.481 e. The molecule has 3 saturated heterocycles. The Bertz CT molecular complexity index is 2930. The molecule has 0 spiro atoms. The highest BCUT2D eigenvalue weighted by molar-refractivity contribution is 5.79. The number of ether oxygens (including phenoxy) is 5. The number of allylic oxidation sites excluding steroid dienone is 12. The van der Waals surface area contributed by atoms with Crippen LogP contribution < -0.4 is 5.32 Å². The number of cyclic esters (lactones) is 1. The highest BCUT2D eigenvalue weighted by Gasteiger charge is 2.52. The number of aliphatic carboxylic acids is 1. The maximum Gasteiger partial charge on any atom is 0.407 e. The molecule has 7 rings (SSSR count). The summed E-state index contributed by atoms with van der Waals surface area (Å²) >= 11 is 0. The van der Waals surface area contributed by atoms with Crippen molar-refractivity contribution in [1.29, 1.82) is 0 Å². The molecule has 0 aromatic heterocycles. The van der Waals surface area contributed by atoms with Gasteiger partial charge in [0.15, 0.2) is 12.1 Å². The number of piperazine rings is 1. The van der Waals surface area contributed by atoms with E-state index in [2.05, 4.69) is 29.6 Å². The number of rotatable bonds is 12. The molecule has 12 N–H and O–H groups in total. The number of unbranched alkanes of at least 4 members (excludes halogenated alkanes) is 2. The second-order valence-corrected chi connectivity index (χ2v) is 26.0. The largest absolute Gasteiger partial charge is 0.481 e. The van der Waals surface area contributed by atoms with Gasteiger partial charge in [0.25, 0.3) is 0 Å². The van der Waals surface area contributed by atoms with Crippen molar-refractivity contribution in [3.8, 4) is 11.1 Å². The van der Waals surface area contributed by atoms with Crippen molar-refractivity contribution >= 4 is 23.9 Å². The number of nitrogens with zero attached hydrogens (tertiary/aromatic N) is 2. The summed E-state index contributed by atoms with van der Waals surface area (Å²) in [7, 11) is 0. The highest BCUT2D eigenvalue weighted by Crippen LogP contribution is 2.45. The van der Waals surface area contributed by atoms with Gasteiger partial charge >= 0.3 is 18.0 Å². The van der Waals surface area contributed by atoms with Crippen LogP contribution in [0.3, 0.4) is 0 Å². The van der Waals surface area contributed by atoms with Gasteiger partial charge in [-0.1, -0.05) is 154 Å². The van der Waals surface area contributed by atoms with Crippen LogP contribution in [-0.2, 0) is 38.1 Å². The molecule has 19 atom stereocenters. The van der Waals surface area contributed by atoms with Crippen molar-refractivity contribution in [2.24, 2.45) is 17.8 Å². The molecule has 2 aromatic rings. The average Bonchev–Trinajstić information content (AvgIpc) is 1.31. The molecule has 3 fully saturated rings. The molecule has 2 amide bonds. The average molecular weight is 1330 g/mol. The number of benzene rings is 2. The van der Waals surface area contributed by atoms with Gasteiger partial charge in [-0.3, -0.25) is 19.3 Å². The zero-order chi connectivity index (χ0) is 68.8. The third-order valence-corrected chi connectivity index (χ3v) is 18.7. The van der Waals surface area contributed by atoms with E-state index in [1.165, 1.54) is 0 Å². The molecule has 95 heavy (non-hydrogen) atoms. The molecule has 2 aromatic carbocycles. The molecule has 4 heterocycles. The van der Waals surface area contributed by atoms with Gasteiger partial charge in [0.05, 0.1) is 79.6 Å². The number of aliphatic hydroxyl groups is 10. The number of amides is 2. The van der Waals surface area contributed by atoms with E-state index in [1.54, 1.807) is 92.5 Å². The number of carboxylic acids is 1. The zero-order valence-electron chi connectivity index (χ0n) is 54.9. The van der Waals surface area contributed by atoms with Crippen LogP contribution in [0.1, 0.15) is 122 Å². The number of carboxylic acid groups (broad SMARTS) is 1. The van der Waals surface area contributed by atoms with Gasteiger partial charge in [-0.2, -0.15) is 0 Å². The van der Waals surface area contributed by atoms with Crippen molar-refractivity contribution < 1.29 is 99.0 Å². The van der Waals surface area contributed by atoms with Gasteiger partial charge in [0.1, 0.15) is 24.7 Å². The molecular weight excluding hydrogens is 1230 g/mol. The second kappa shape index (κ2) is 37.5. The third kappa shape index (κ3) is 22.7. The van der Waals surface area contributed by atoms with Crippen LogP contribution in [0.4, 0.5) is 4.79 Å². The van der Waals surface area contributed by atoms with E-state index in [1.807, 2.05) is 54.3 Å². The van der Waals surface area contributed by atoms with E-state index in [0.29, 0.717) is 58.4 Å². The molecule has 524 valence electrons.